The van der Waals surface area contributed by atoms with E-state index in [0.717, 1.165) is 12.8 Å². The Morgan fingerprint density at radius 3 is 2.86 bits per heavy atom. The Labute approximate surface area is 125 Å². The summed E-state index contributed by atoms with van der Waals surface area (Å²) in [6.45, 7) is 4.69. The SMILES string of the molecule is CCCCNS(=O)(=O)c1ccc2c(c1)N(C(C)=O)CCO2. The zero-order valence-corrected chi connectivity index (χ0v) is 13.1. The first-order valence-corrected chi connectivity index (χ1v) is 8.48. The van der Waals surface area contributed by atoms with Gasteiger partial charge in [-0.3, -0.25) is 4.79 Å². The molecule has 0 aromatic heterocycles. The number of anilines is 1. The minimum atomic E-state index is -3.56. The zero-order chi connectivity index (χ0) is 15.5. The summed E-state index contributed by atoms with van der Waals surface area (Å²) in [5.74, 6) is 0.400. The molecule has 1 N–H and O–H groups in total. The summed E-state index contributed by atoms with van der Waals surface area (Å²) in [6.07, 6.45) is 1.70. The zero-order valence-electron chi connectivity index (χ0n) is 12.3. The quantitative estimate of drug-likeness (QED) is 0.836. The number of carbonyl (C=O) groups is 1. The molecule has 6 nitrogen and oxygen atoms in total. The van der Waals surface area contributed by atoms with E-state index in [2.05, 4.69) is 4.72 Å². The Hall–Kier alpha value is -1.60. The number of ether oxygens (including phenoxy) is 1. The minimum Gasteiger partial charge on any atom is -0.490 e. The molecule has 2 rings (SSSR count). The van der Waals surface area contributed by atoms with Gasteiger partial charge in [-0.1, -0.05) is 13.3 Å². The number of hydrogen-bond donors (Lipinski definition) is 1. The fraction of sp³-hybridized carbons (Fsp3) is 0.500. The van der Waals surface area contributed by atoms with E-state index in [1.807, 2.05) is 6.92 Å². The molecule has 0 radical (unpaired) electrons. The fourth-order valence-corrected chi connectivity index (χ4v) is 3.25. The van der Waals surface area contributed by atoms with E-state index in [1.165, 1.54) is 24.0 Å². The molecule has 0 atom stereocenters. The number of amides is 1. The smallest absolute Gasteiger partial charge is 0.240 e. The molecule has 116 valence electrons. The fourth-order valence-electron chi connectivity index (χ4n) is 2.16. The van der Waals surface area contributed by atoms with E-state index in [4.69, 9.17) is 4.74 Å². The Morgan fingerprint density at radius 2 is 2.19 bits per heavy atom. The highest BCUT2D eigenvalue weighted by Crippen LogP contribution is 2.33. The van der Waals surface area contributed by atoms with Crippen LogP contribution in [0.15, 0.2) is 23.1 Å². The first-order chi connectivity index (χ1) is 9.95. The summed E-state index contributed by atoms with van der Waals surface area (Å²) >= 11 is 0. The number of carbonyl (C=O) groups excluding carboxylic acids is 1. The minimum absolute atomic E-state index is 0.131. The van der Waals surface area contributed by atoms with E-state index in [0.29, 0.717) is 31.1 Å². The van der Waals surface area contributed by atoms with Gasteiger partial charge in [0, 0.05) is 13.5 Å². The van der Waals surface area contributed by atoms with Gasteiger partial charge in [0.15, 0.2) is 0 Å². The van der Waals surface area contributed by atoms with Crippen LogP contribution in [0.25, 0.3) is 0 Å². The molecular formula is C14H20N2O4S. The maximum absolute atomic E-state index is 12.2. The highest BCUT2D eigenvalue weighted by Gasteiger charge is 2.24. The van der Waals surface area contributed by atoms with Crippen molar-refractivity contribution in [3.8, 4) is 5.75 Å². The van der Waals surface area contributed by atoms with Crippen LogP contribution in [0, 0.1) is 0 Å². The lowest BCUT2D eigenvalue weighted by Gasteiger charge is -2.29. The van der Waals surface area contributed by atoms with Crippen LogP contribution in [0.2, 0.25) is 0 Å². The second-order valence-electron chi connectivity index (χ2n) is 4.90. The Kier molecular flexibility index (Phi) is 4.84. The third-order valence-corrected chi connectivity index (χ3v) is 4.77. The van der Waals surface area contributed by atoms with E-state index in [-0.39, 0.29) is 10.8 Å². The molecule has 0 saturated carbocycles. The lowest BCUT2D eigenvalue weighted by molar-refractivity contribution is -0.116. The summed E-state index contributed by atoms with van der Waals surface area (Å²) in [4.78, 5) is 13.3. The van der Waals surface area contributed by atoms with E-state index >= 15 is 0 Å². The molecule has 0 aliphatic carbocycles. The van der Waals surface area contributed by atoms with Gasteiger partial charge in [-0.05, 0) is 24.6 Å². The Morgan fingerprint density at radius 1 is 1.43 bits per heavy atom. The topological polar surface area (TPSA) is 75.7 Å². The lowest BCUT2D eigenvalue weighted by atomic mass is 10.2. The Bertz CT molecular complexity index is 628. The molecular weight excluding hydrogens is 292 g/mol. The van der Waals surface area contributed by atoms with Crippen molar-refractivity contribution in [1.82, 2.24) is 4.72 Å². The van der Waals surface area contributed by atoms with E-state index in [9.17, 15) is 13.2 Å². The molecule has 1 heterocycles. The van der Waals surface area contributed by atoms with Crippen molar-refractivity contribution in [3.05, 3.63) is 18.2 Å². The molecule has 1 aliphatic heterocycles. The molecule has 0 spiro atoms. The molecule has 1 amide bonds. The van der Waals surface area contributed by atoms with Crippen LogP contribution in [-0.2, 0) is 14.8 Å². The van der Waals surface area contributed by atoms with Crippen LogP contribution in [0.3, 0.4) is 0 Å². The van der Waals surface area contributed by atoms with Crippen molar-refractivity contribution >= 4 is 21.6 Å². The second-order valence-corrected chi connectivity index (χ2v) is 6.67. The van der Waals surface area contributed by atoms with E-state index in [1.54, 1.807) is 6.07 Å². The number of sulfonamides is 1. The monoisotopic (exact) mass is 312 g/mol. The molecule has 1 aromatic rings. The van der Waals surface area contributed by atoms with Crippen LogP contribution in [0.4, 0.5) is 5.69 Å². The molecule has 1 aromatic carbocycles. The molecule has 21 heavy (non-hydrogen) atoms. The van der Waals surface area contributed by atoms with Crippen LogP contribution in [0.1, 0.15) is 26.7 Å². The van der Waals surface area contributed by atoms with Crippen molar-refractivity contribution in [1.29, 1.82) is 0 Å². The molecule has 0 saturated heterocycles. The maximum atomic E-state index is 12.2. The number of nitrogens with one attached hydrogen (secondary N) is 1. The van der Waals surface area contributed by atoms with Crippen LogP contribution in [-0.4, -0.2) is 34.0 Å². The third kappa shape index (κ3) is 3.54. The van der Waals surface area contributed by atoms with Gasteiger partial charge in [-0.2, -0.15) is 0 Å². The highest BCUT2D eigenvalue weighted by atomic mass is 32.2. The largest absolute Gasteiger partial charge is 0.490 e. The summed E-state index contributed by atoms with van der Waals surface area (Å²) in [6, 6.07) is 4.58. The summed E-state index contributed by atoms with van der Waals surface area (Å²) in [5, 5.41) is 0. The normalized spacial score (nSPS) is 14.5. The second kappa shape index (κ2) is 6.44. The van der Waals surface area contributed by atoms with Crippen molar-refractivity contribution in [2.24, 2.45) is 0 Å². The summed E-state index contributed by atoms with van der Waals surface area (Å²) < 4.78 is 32.4. The standard InChI is InChI=1S/C14H20N2O4S/c1-3-4-7-15-21(18,19)12-5-6-14-13(10-12)16(11(2)17)8-9-20-14/h5-6,10,15H,3-4,7-9H2,1-2H3. The van der Waals surface area contributed by atoms with Crippen LogP contribution < -0.4 is 14.4 Å². The first kappa shape index (κ1) is 15.8. The predicted octanol–water partition coefficient (Wildman–Crippen LogP) is 1.51. The highest BCUT2D eigenvalue weighted by molar-refractivity contribution is 7.89. The number of unbranched alkanes of at least 4 members (excludes halogenated alkanes) is 1. The van der Waals surface area contributed by atoms with Crippen LogP contribution in [0.5, 0.6) is 5.75 Å². The molecule has 0 unspecified atom stereocenters. The summed E-state index contributed by atoms with van der Waals surface area (Å²) in [5.41, 5.74) is 0.507. The number of fused-ring (bicyclic) bond motifs is 1. The van der Waals surface area contributed by atoms with Gasteiger partial charge in [0.1, 0.15) is 12.4 Å². The summed E-state index contributed by atoms with van der Waals surface area (Å²) in [7, 11) is -3.56. The van der Waals surface area contributed by atoms with Gasteiger partial charge in [0.25, 0.3) is 0 Å². The van der Waals surface area contributed by atoms with Gasteiger partial charge in [0.05, 0.1) is 17.1 Å². The average Bonchev–Trinajstić information content (AvgIpc) is 2.46. The number of rotatable bonds is 5. The van der Waals surface area contributed by atoms with Crippen molar-refractivity contribution in [2.75, 3.05) is 24.6 Å². The van der Waals surface area contributed by atoms with Gasteiger partial charge < -0.3 is 9.64 Å². The van der Waals surface area contributed by atoms with E-state index < -0.39 is 10.0 Å². The number of benzene rings is 1. The molecule has 0 bridgehead atoms. The lowest BCUT2D eigenvalue weighted by Crippen LogP contribution is -2.36. The van der Waals surface area contributed by atoms with Crippen LogP contribution >= 0.6 is 0 Å². The Balaban J connectivity index is 2.31. The average molecular weight is 312 g/mol. The number of hydrogen-bond acceptors (Lipinski definition) is 4. The maximum Gasteiger partial charge on any atom is 0.240 e. The molecule has 0 fully saturated rings. The third-order valence-electron chi connectivity index (χ3n) is 3.31. The van der Waals surface area contributed by atoms with Gasteiger partial charge in [-0.25, -0.2) is 13.1 Å². The first-order valence-electron chi connectivity index (χ1n) is 7.00. The van der Waals surface area contributed by atoms with Gasteiger partial charge >= 0.3 is 0 Å². The number of nitrogens with zero attached hydrogens (tertiary/aromatic N) is 1. The van der Waals surface area contributed by atoms with Crippen molar-refractivity contribution < 1.29 is 17.9 Å². The predicted molar refractivity (Wildman–Crippen MR) is 80.1 cm³/mol. The van der Waals surface area contributed by atoms with Crippen molar-refractivity contribution in [3.63, 3.8) is 0 Å². The van der Waals surface area contributed by atoms with Crippen molar-refractivity contribution in [2.45, 2.75) is 31.6 Å². The molecule has 7 heteroatoms. The van der Waals surface area contributed by atoms with Gasteiger partial charge in [0.2, 0.25) is 15.9 Å². The molecule has 1 aliphatic rings. The van der Waals surface area contributed by atoms with Gasteiger partial charge in [-0.15, -0.1) is 0 Å².